The van der Waals surface area contributed by atoms with Gasteiger partial charge < -0.3 is 9.47 Å². The van der Waals surface area contributed by atoms with Crippen molar-refractivity contribution in [3.63, 3.8) is 0 Å². The van der Waals surface area contributed by atoms with Gasteiger partial charge in [-0.3, -0.25) is 4.79 Å². The third-order valence-electron chi connectivity index (χ3n) is 2.69. The number of hydrogen-bond acceptors (Lipinski definition) is 3. The van der Waals surface area contributed by atoms with Crippen molar-refractivity contribution in [1.29, 1.82) is 0 Å². The third kappa shape index (κ3) is 0.894. The first-order valence-corrected chi connectivity index (χ1v) is 4.11. The molecule has 0 N–H and O–H groups in total. The van der Waals surface area contributed by atoms with Gasteiger partial charge in [-0.25, -0.2) is 0 Å². The van der Waals surface area contributed by atoms with Crippen molar-refractivity contribution < 1.29 is 14.3 Å². The van der Waals surface area contributed by atoms with Crippen molar-refractivity contribution >= 4 is 5.97 Å². The average molecular weight is 168 g/mol. The Balaban J connectivity index is 2.21. The summed E-state index contributed by atoms with van der Waals surface area (Å²) >= 11 is 0. The molecule has 3 atom stereocenters. The van der Waals surface area contributed by atoms with Crippen molar-refractivity contribution in [2.45, 2.75) is 25.0 Å². The molecule has 2 aliphatic heterocycles. The second-order valence-corrected chi connectivity index (χ2v) is 3.51. The summed E-state index contributed by atoms with van der Waals surface area (Å²) in [6.45, 7) is 1.93. The highest BCUT2D eigenvalue weighted by Gasteiger charge is 2.50. The van der Waals surface area contributed by atoms with E-state index in [1.165, 1.54) is 7.11 Å². The molecule has 0 aromatic heterocycles. The summed E-state index contributed by atoms with van der Waals surface area (Å²) in [6, 6.07) is 0. The molecule has 2 rings (SSSR count). The Morgan fingerprint density at radius 2 is 2.50 bits per heavy atom. The van der Waals surface area contributed by atoms with Gasteiger partial charge in [0, 0.05) is 0 Å². The van der Waals surface area contributed by atoms with E-state index in [0.29, 0.717) is 0 Å². The van der Waals surface area contributed by atoms with Crippen LogP contribution in [0.2, 0.25) is 0 Å². The molecule has 3 unspecified atom stereocenters. The minimum Gasteiger partial charge on any atom is -0.469 e. The van der Waals surface area contributed by atoms with Crippen LogP contribution in [-0.2, 0) is 14.3 Å². The summed E-state index contributed by atoms with van der Waals surface area (Å²) in [5.74, 6) is -0.276. The zero-order valence-electron chi connectivity index (χ0n) is 7.24. The molecular formula is C9H12O3. The van der Waals surface area contributed by atoms with Crippen molar-refractivity contribution in [3.05, 3.63) is 12.2 Å². The van der Waals surface area contributed by atoms with Gasteiger partial charge in [0.15, 0.2) is 0 Å². The lowest BCUT2D eigenvalue weighted by molar-refractivity contribution is -0.149. The van der Waals surface area contributed by atoms with Crippen LogP contribution in [0.15, 0.2) is 12.2 Å². The van der Waals surface area contributed by atoms with E-state index in [1.54, 1.807) is 0 Å². The van der Waals surface area contributed by atoms with Gasteiger partial charge in [-0.2, -0.15) is 0 Å². The van der Waals surface area contributed by atoms with Crippen molar-refractivity contribution in [2.24, 2.45) is 5.92 Å². The summed E-state index contributed by atoms with van der Waals surface area (Å²) in [4.78, 5) is 11.3. The number of fused-ring (bicyclic) bond motifs is 2. The molecule has 12 heavy (non-hydrogen) atoms. The lowest BCUT2D eigenvalue weighted by Gasteiger charge is -2.23. The maximum Gasteiger partial charge on any atom is 0.312 e. The smallest absolute Gasteiger partial charge is 0.312 e. The molecular weight excluding hydrogens is 156 g/mol. The van der Waals surface area contributed by atoms with Crippen LogP contribution in [0.5, 0.6) is 0 Å². The molecule has 0 aromatic rings. The molecule has 3 heteroatoms. The molecule has 0 radical (unpaired) electrons. The number of esters is 1. The van der Waals surface area contributed by atoms with E-state index in [-0.39, 0.29) is 18.0 Å². The SMILES string of the molecule is COC(=O)C1CC2C=CC1(C)O2. The van der Waals surface area contributed by atoms with Crippen LogP contribution >= 0.6 is 0 Å². The van der Waals surface area contributed by atoms with E-state index >= 15 is 0 Å². The number of hydrogen-bond donors (Lipinski definition) is 0. The highest BCUT2D eigenvalue weighted by molar-refractivity contribution is 5.75. The Bertz CT molecular complexity index is 246. The Morgan fingerprint density at radius 3 is 2.92 bits per heavy atom. The van der Waals surface area contributed by atoms with E-state index < -0.39 is 5.60 Å². The minimum atomic E-state index is -0.405. The Kier molecular flexibility index (Phi) is 1.51. The number of ether oxygens (including phenoxy) is 2. The molecule has 1 fully saturated rings. The summed E-state index contributed by atoms with van der Waals surface area (Å²) in [6.07, 6.45) is 4.86. The molecule has 2 aliphatic rings. The zero-order chi connectivity index (χ0) is 8.77. The number of carbonyl (C=O) groups is 1. The van der Waals surface area contributed by atoms with Crippen LogP contribution < -0.4 is 0 Å². The fourth-order valence-electron chi connectivity index (χ4n) is 1.97. The van der Waals surface area contributed by atoms with Crippen LogP contribution in [-0.4, -0.2) is 24.8 Å². The van der Waals surface area contributed by atoms with Crippen LogP contribution in [0.4, 0.5) is 0 Å². The average Bonchev–Trinajstić information content (AvgIpc) is 2.57. The highest BCUT2D eigenvalue weighted by atomic mass is 16.5. The first-order chi connectivity index (χ1) is 5.65. The van der Waals surface area contributed by atoms with Gasteiger partial charge in [-0.1, -0.05) is 12.2 Å². The van der Waals surface area contributed by atoms with Gasteiger partial charge in [0.25, 0.3) is 0 Å². The Hall–Kier alpha value is -0.830. The standard InChI is InChI=1S/C9H12O3/c1-9-4-3-6(12-9)5-7(9)8(10)11-2/h3-4,6-7H,5H2,1-2H3. The molecule has 0 amide bonds. The number of rotatable bonds is 1. The lowest BCUT2D eigenvalue weighted by atomic mass is 9.84. The van der Waals surface area contributed by atoms with Crippen LogP contribution in [0.1, 0.15) is 13.3 Å². The van der Waals surface area contributed by atoms with Gasteiger partial charge in [-0.05, 0) is 13.3 Å². The molecule has 0 aromatic carbocycles. The normalized spacial score (nSPS) is 43.5. The maximum absolute atomic E-state index is 11.3. The van der Waals surface area contributed by atoms with E-state index in [4.69, 9.17) is 9.47 Å². The van der Waals surface area contributed by atoms with E-state index in [9.17, 15) is 4.79 Å². The second-order valence-electron chi connectivity index (χ2n) is 3.51. The van der Waals surface area contributed by atoms with Gasteiger partial charge >= 0.3 is 5.97 Å². The first-order valence-electron chi connectivity index (χ1n) is 4.11. The lowest BCUT2D eigenvalue weighted by Crippen LogP contribution is -2.34. The monoisotopic (exact) mass is 168 g/mol. The number of methoxy groups -OCH3 is 1. The van der Waals surface area contributed by atoms with Crippen molar-refractivity contribution in [1.82, 2.24) is 0 Å². The molecule has 2 bridgehead atoms. The van der Waals surface area contributed by atoms with Crippen LogP contribution in [0.25, 0.3) is 0 Å². The van der Waals surface area contributed by atoms with Crippen molar-refractivity contribution in [3.8, 4) is 0 Å². The van der Waals surface area contributed by atoms with Gasteiger partial charge in [0.1, 0.15) is 0 Å². The molecule has 0 spiro atoms. The van der Waals surface area contributed by atoms with E-state index in [2.05, 4.69) is 0 Å². The maximum atomic E-state index is 11.3. The summed E-state index contributed by atoms with van der Waals surface area (Å²) in [7, 11) is 1.42. The van der Waals surface area contributed by atoms with Gasteiger partial charge in [-0.15, -0.1) is 0 Å². The Labute approximate surface area is 71.3 Å². The minimum absolute atomic E-state index is 0.113. The Morgan fingerprint density at radius 1 is 1.75 bits per heavy atom. The summed E-state index contributed by atoms with van der Waals surface area (Å²) in [5, 5.41) is 0. The highest BCUT2D eigenvalue weighted by Crippen LogP contribution is 2.43. The van der Waals surface area contributed by atoms with Gasteiger partial charge in [0.2, 0.25) is 0 Å². The quantitative estimate of drug-likeness (QED) is 0.431. The van der Waals surface area contributed by atoms with Crippen LogP contribution in [0, 0.1) is 5.92 Å². The van der Waals surface area contributed by atoms with Crippen molar-refractivity contribution in [2.75, 3.05) is 7.11 Å². The molecule has 1 saturated heterocycles. The van der Waals surface area contributed by atoms with E-state index in [0.717, 1.165) is 6.42 Å². The predicted molar refractivity (Wildman–Crippen MR) is 42.5 cm³/mol. The van der Waals surface area contributed by atoms with E-state index in [1.807, 2.05) is 19.1 Å². The zero-order valence-corrected chi connectivity index (χ0v) is 7.24. The summed E-state index contributed by atoms with van der Waals surface area (Å²) in [5.41, 5.74) is -0.405. The first kappa shape index (κ1) is 7.80. The summed E-state index contributed by atoms with van der Waals surface area (Å²) < 4.78 is 10.3. The topological polar surface area (TPSA) is 35.5 Å². The van der Waals surface area contributed by atoms with Gasteiger partial charge in [0.05, 0.1) is 24.7 Å². The third-order valence-corrected chi connectivity index (χ3v) is 2.69. The molecule has 0 aliphatic carbocycles. The fraction of sp³-hybridized carbons (Fsp3) is 0.667. The molecule has 0 saturated carbocycles. The molecule has 66 valence electrons. The largest absolute Gasteiger partial charge is 0.469 e. The molecule has 3 nitrogen and oxygen atoms in total. The fourth-order valence-corrected chi connectivity index (χ4v) is 1.97. The molecule has 2 heterocycles. The van der Waals surface area contributed by atoms with Crippen LogP contribution in [0.3, 0.4) is 0 Å². The second kappa shape index (κ2) is 2.33. The predicted octanol–water partition coefficient (Wildman–Crippen LogP) is 0.893. The number of carbonyl (C=O) groups excluding carboxylic acids is 1.